The summed E-state index contributed by atoms with van der Waals surface area (Å²) >= 11 is 0. The van der Waals surface area contributed by atoms with Crippen LogP contribution in [0.1, 0.15) is 22.5 Å². The molecule has 2 unspecified atom stereocenters. The quantitative estimate of drug-likeness (QED) is 0.152. The number of rotatable bonds is 13. The molecule has 14 nitrogen and oxygen atoms in total. The van der Waals surface area contributed by atoms with Gasteiger partial charge in [-0.2, -0.15) is 0 Å². The molecule has 1 saturated heterocycles. The number of esters is 1. The van der Waals surface area contributed by atoms with Crippen molar-refractivity contribution in [1.29, 1.82) is 0 Å². The summed E-state index contributed by atoms with van der Waals surface area (Å²) < 4.78 is 41.1. The Labute approximate surface area is 298 Å². The first-order chi connectivity index (χ1) is 25.1. The molecule has 6 rings (SSSR count). The standard InChI is InChI=1S/C37H39FN6O8/c1-22-35(37(48)44(42(22)2)24-7-5-4-6-8-24)36(47)41-23-9-10-31(28(38)15-23)52-30-11-13-40-29-17-33(32(49-3)16-27(29)30)50-21-25(45)19-43-14-12-26(20-43)51-34(46)18-39/h4-11,13,15-17,25-26,45H,12,14,18-21,39H2,1-3H3,(H,41,47). The van der Waals surface area contributed by atoms with Crippen molar-refractivity contribution < 1.29 is 38.0 Å². The Bertz CT molecular complexity index is 2150. The highest BCUT2D eigenvalue weighted by molar-refractivity contribution is 6.05. The zero-order valence-corrected chi connectivity index (χ0v) is 28.9. The SMILES string of the molecule is COc1cc2c(Oc3ccc(NC(=O)c4c(C)n(C)n(-c5ccccc5)c4=O)cc3F)ccnc2cc1OCC(O)CN1CCC(OC(=O)CN)C1. The molecule has 0 saturated carbocycles. The van der Waals surface area contributed by atoms with Crippen molar-refractivity contribution in [2.75, 3.05) is 45.2 Å². The van der Waals surface area contributed by atoms with Gasteiger partial charge in [-0.05, 0) is 49.7 Å². The summed E-state index contributed by atoms with van der Waals surface area (Å²) in [5.74, 6) is -1.03. The third kappa shape index (κ3) is 7.76. The van der Waals surface area contributed by atoms with Crippen molar-refractivity contribution in [3.05, 3.63) is 100 Å². The van der Waals surface area contributed by atoms with Crippen molar-refractivity contribution in [2.24, 2.45) is 12.8 Å². The number of anilines is 1. The van der Waals surface area contributed by atoms with Gasteiger partial charge in [0, 0.05) is 56.1 Å². The van der Waals surface area contributed by atoms with Crippen LogP contribution < -0.4 is 30.8 Å². The molecule has 1 aliphatic heterocycles. The summed E-state index contributed by atoms with van der Waals surface area (Å²) in [7, 11) is 3.15. The summed E-state index contributed by atoms with van der Waals surface area (Å²) in [5.41, 5.74) is 6.41. The number of aliphatic hydroxyl groups is 1. The third-order valence-electron chi connectivity index (χ3n) is 8.77. The number of carbonyl (C=O) groups is 2. The molecule has 52 heavy (non-hydrogen) atoms. The number of hydrogen-bond acceptors (Lipinski definition) is 11. The lowest BCUT2D eigenvalue weighted by molar-refractivity contribution is -0.146. The molecule has 272 valence electrons. The molecule has 4 N–H and O–H groups in total. The summed E-state index contributed by atoms with van der Waals surface area (Å²) in [6, 6.07) is 17.7. The lowest BCUT2D eigenvalue weighted by Crippen LogP contribution is -2.35. The minimum atomic E-state index is -0.840. The van der Waals surface area contributed by atoms with Crippen LogP contribution in [0.25, 0.3) is 16.6 Å². The first-order valence-electron chi connectivity index (χ1n) is 16.6. The van der Waals surface area contributed by atoms with Gasteiger partial charge in [0.25, 0.3) is 11.5 Å². The van der Waals surface area contributed by atoms with Gasteiger partial charge in [0.1, 0.15) is 30.1 Å². The predicted octanol–water partition coefficient (Wildman–Crippen LogP) is 3.54. The van der Waals surface area contributed by atoms with E-state index in [-0.39, 0.29) is 42.0 Å². The number of para-hydroxylation sites is 1. The van der Waals surface area contributed by atoms with E-state index in [0.717, 1.165) is 6.07 Å². The normalized spacial score (nSPS) is 15.0. The van der Waals surface area contributed by atoms with Gasteiger partial charge in [-0.15, -0.1) is 0 Å². The van der Waals surface area contributed by atoms with Crippen LogP contribution in [0.5, 0.6) is 23.0 Å². The molecule has 1 amide bonds. The van der Waals surface area contributed by atoms with E-state index in [1.165, 1.54) is 30.1 Å². The number of β-amino-alcohol motifs (C(OH)–C–C–N with tert-alkyl or cyclic N) is 1. The Morgan fingerprint density at radius 3 is 2.60 bits per heavy atom. The number of nitrogens with one attached hydrogen (secondary N) is 1. The summed E-state index contributed by atoms with van der Waals surface area (Å²) in [6.07, 6.45) is 1.06. The Balaban J connectivity index is 1.12. The van der Waals surface area contributed by atoms with Crippen LogP contribution in [0.2, 0.25) is 0 Å². The Hall–Kier alpha value is -5.77. The van der Waals surface area contributed by atoms with E-state index >= 15 is 4.39 Å². The molecule has 0 radical (unpaired) electrons. The molecular formula is C37H39FN6O8. The fourth-order valence-electron chi connectivity index (χ4n) is 6.12. The molecule has 0 bridgehead atoms. The lowest BCUT2D eigenvalue weighted by atomic mass is 10.1. The number of fused-ring (bicyclic) bond motifs is 1. The molecule has 1 fully saturated rings. The van der Waals surface area contributed by atoms with Gasteiger partial charge in [0.05, 0.1) is 30.6 Å². The number of nitrogens with zero attached hydrogens (tertiary/aromatic N) is 4. The summed E-state index contributed by atoms with van der Waals surface area (Å²) in [4.78, 5) is 44.4. The minimum absolute atomic E-state index is 0.0388. The largest absolute Gasteiger partial charge is 0.493 e. The smallest absolute Gasteiger partial charge is 0.320 e. The molecule has 5 aromatic rings. The van der Waals surface area contributed by atoms with Gasteiger partial charge in [-0.1, -0.05) is 18.2 Å². The number of hydrogen-bond donors (Lipinski definition) is 3. The molecule has 3 heterocycles. The number of benzene rings is 3. The van der Waals surface area contributed by atoms with Crippen LogP contribution in [0.3, 0.4) is 0 Å². The monoisotopic (exact) mass is 714 g/mol. The Morgan fingerprint density at radius 1 is 1.08 bits per heavy atom. The number of amides is 1. The van der Waals surface area contributed by atoms with E-state index in [1.54, 1.807) is 61.1 Å². The van der Waals surface area contributed by atoms with Crippen molar-refractivity contribution in [1.82, 2.24) is 19.2 Å². The van der Waals surface area contributed by atoms with Gasteiger partial charge in [-0.3, -0.25) is 28.9 Å². The fraction of sp³-hybridized carbons (Fsp3) is 0.297. The highest BCUT2D eigenvalue weighted by Crippen LogP contribution is 2.38. The molecular weight excluding hydrogens is 675 g/mol. The maximum Gasteiger partial charge on any atom is 0.320 e. The van der Waals surface area contributed by atoms with Crippen molar-refractivity contribution in [2.45, 2.75) is 25.6 Å². The van der Waals surface area contributed by atoms with E-state index in [9.17, 15) is 19.5 Å². The summed E-state index contributed by atoms with van der Waals surface area (Å²) in [6.45, 7) is 2.92. The number of likely N-dealkylation sites (tertiary alicyclic amines) is 1. The van der Waals surface area contributed by atoms with Crippen molar-refractivity contribution in [3.8, 4) is 28.7 Å². The number of halogens is 1. The Kier molecular flexibility index (Phi) is 10.8. The number of carbonyl (C=O) groups excluding carboxylic acids is 2. The molecule has 1 aliphatic rings. The average Bonchev–Trinajstić information content (AvgIpc) is 3.67. The molecule has 0 spiro atoms. The second kappa shape index (κ2) is 15.6. The number of aromatic nitrogens is 3. The predicted molar refractivity (Wildman–Crippen MR) is 190 cm³/mol. The lowest BCUT2D eigenvalue weighted by Gasteiger charge is -2.21. The highest BCUT2D eigenvalue weighted by Gasteiger charge is 2.27. The number of pyridine rings is 1. The van der Waals surface area contributed by atoms with Gasteiger partial charge in [-0.25, -0.2) is 9.07 Å². The zero-order chi connectivity index (χ0) is 36.9. The highest BCUT2D eigenvalue weighted by atomic mass is 19.1. The number of nitrogens with two attached hydrogens (primary N) is 1. The van der Waals surface area contributed by atoms with E-state index in [1.807, 2.05) is 11.0 Å². The number of methoxy groups -OCH3 is 1. The molecule has 2 atom stereocenters. The van der Waals surface area contributed by atoms with Crippen LogP contribution >= 0.6 is 0 Å². The molecule has 3 aromatic carbocycles. The maximum atomic E-state index is 15.4. The average molecular weight is 715 g/mol. The van der Waals surface area contributed by atoms with Crippen LogP contribution in [0.15, 0.2) is 77.7 Å². The Morgan fingerprint density at radius 2 is 1.87 bits per heavy atom. The van der Waals surface area contributed by atoms with E-state index in [2.05, 4.69) is 10.3 Å². The first-order valence-corrected chi connectivity index (χ1v) is 16.6. The topological polar surface area (TPSA) is 172 Å². The number of aliphatic hydroxyl groups excluding tert-OH is 1. The van der Waals surface area contributed by atoms with E-state index in [0.29, 0.717) is 59.8 Å². The molecule has 2 aromatic heterocycles. The van der Waals surface area contributed by atoms with Gasteiger partial charge in [0.2, 0.25) is 0 Å². The zero-order valence-electron chi connectivity index (χ0n) is 28.9. The summed E-state index contributed by atoms with van der Waals surface area (Å²) in [5, 5.41) is 13.8. The van der Waals surface area contributed by atoms with Crippen LogP contribution in [0.4, 0.5) is 10.1 Å². The molecule has 15 heteroatoms. The van der Waals surface area contributed by atoms with E-state index in [4.69, 9.17) is 24.7 Å². The van der Waals surface area contributed by atoms with Crippen LogP contribution in [-0.4, -0.2) is 88.3 Å². The number of ether oxygens (including phenoxy) is 4. The van der Waals surface area contributed by atoms with Crippen LogP contribution in [-0.2, 0) is 16.6 Å². The van der Waals surface area contributed by atoms with Gasteiger partial charge < -0.3 is 35.1 Å². The van der Waals surface area contributed by atoms with Gasteiger partial charge >= 0.3 is 5.97 Å². The van der Waals surface area contributed by atoms with Crippen molar-refractivity contribution >= 4 is 28.5 Å². The first kappa shape index (κ1) is 36.0. The second-order valence-electron chi connectivity index (χ2n) is 12.3. The second-order valence-corrected chi connectivity index (χ2v) is 12.3. The van der Waals surface area contributed by atoms with Crippen LogP contribution in [0, 0.1) is 12.7 Å². The van der Waals surface area contributed by atoms with E-state index < -0.39 is 29.4 Å². The van der Waals surface area contributed by atoms with Crippen molar-refractivity contribution in [3.63, 3.8) is 0 Å². The fourth-order valence-corrected chi connectivity index (χ4v) is 6.12. The maximum absolute atomic E-state index is 15.4. The minimum Gasteiger partial charge on any atom is -0.493 e. The molecule has 0 aliphatic carbocycles. The third-order valence-corrected chi connectivity index (χ3v) is 8.77. The van der Waals surface area contributed by atoms with Gasteiger partial charge in [0.15, 0.2) is 23.1 Å².